The van der Waals surface area contributed by atoms with E-state index in [0.717, 1.165) is 6.42 Å². The lowest BCUT2D eigenvalue weighted by atomic mass is 9.97. The van der Waals surface area contributed by atoms with E-state index in [1.807, 2.05) is 19.1 Å². The molecule has 1 aliphatic rings. The molecule has 1 rings (SSSR count). The number of allylic oxidation sites excluding steroid dienone is 1. The minimum absolute atomic E-state index is 0.0243. The van der Waals surface area contributed by atoms with E-state index in [9.17, 15) is 4.79 Å². The van der Waals surface area contributed by atoms with Crippen molar-refractivity contribution >= 4 is 5.97 Å². The summed E-state index contributed by atoms with van der Waals surface area (Å²) in [6.07, 6.45) is 5.43. The zero-order valence-electron chi connectivity index (χ0n) is 7.04. The molecule has 0 amide bonds. The molecular weight excluding hydrogens is 140 g/mol. The Hall–Kier alpha value is -0.790. The summed E-state index contributed by atoms with van der Waals surface area (Å²) >= 11 is 0. The quantitative estimate of drug-likeness (QED) is 0.426. The Balaban J connectivity index is 2.49. The summed E-state index contributed by atoms with van der Waals surface area (Å²) in [5.41, 5.74) is 0. The summed E-state index contributed by atoms with van der Waals surface area (Å²) in [6, 6.07) is 0. The van der Waals surface area contributed by atoms with Gasteiger partial charge in [-0.15, -0.1) is 0 Å². The van der Waals surface area contributed by atoms with Gasteiger partial charge < -0.3 is 4.74 Å². The van der Waals surface area contributed by atoms with Gasteiger partial charge in [-0.25, -0.2) is 0 Å². The molecule has 62 valence electrons. The van der Waals surface area contributed by atoms with Crippen LogP contribution in [-0.2, 0) is 9.53 Å². The Morgan fingerprint density at radius 2 is 2.36 bits per heavy atom. The van der Waals surface area contributed by atoms with Crippen molar-refractivity contribution in [2.75, 3.05) is 0 Å². The third-order valence-electron chi connectivity index (χ3n) is 1.84. The van der Waals surface area contributed by atoms with Crippen molar-refractivity contribution in [1.29, 1.82) is 0 Å². The fraction of sp³-hybridized carbons (Fsp3) is 0.667. The van der Waals surface area contributed by atoms with Crippen LogP contribution in [0.15, 0.2) is 12.2 Å². The van der Waals surface area contributed by atoms with Gasteiger partial charge in [-0.05, 0) is 25.3 Å². The minimum Gasteiger partial charge on any atom is -0.458 e. The maximum atomic E-state index is 10.9. The molecule has 0 N–H and O–H groups in total. The molecule has 0 bridgehead atoms. The van der Waals surface area contributed by atoms with Gasteiger partial charge in [0, 0.05) is 6.42 Å². The smallest absolute Gasteiger partial charge is 0.306 e. The summed E-state index contributed by atoms with van der Waals surface area (Å²) in [7, 11) is 0. The van der Waals surface area contributed by atoms with E-state index < -0.39 is 0 Å². The van der Waals surface area contributed by atoms with Crippen LogP contribution in [0.25, 0.3) is 0 Å². The van der Waals surface area contributed by atoms with Crippen LogP contribution in [0.5, 0.6) is 0 Å². The average Bonchev–Trinajstić information content (AvgIpc) is 1.85. The topological polar surface area (TPSA) is 26.3 Å². The fourth-order valence-electron chi connectivity index (χ4n) is 1.36. The summed E-state index contributed by atoms with van der Waals surface area (Å²) in [6.45, 7) is 4.02. The van der Waals surface area contributed by atoms with Crippen molar-refractivity contribution in [2.45, 2.75) is 32.8 Å². The highest BCUT2D eigenvalue weighted by Crippen LogP contribution is 2.20. The van der Waals surface area contributed by atoms with E-state index in [-0.39, 0.29) is 12.1 Å². The van der Waals surface area contributed by atoms with Crippen molar-refractivity contribution in [1.82, 2.24) is 0 Å². The maximum absolute atomic E-state index is 10.9. The first kappa shape index (κ1) is 8.31. The Kier molecular flexibility index (Phi) is 2.69. The highest BCUT2D eigenvalue weighted by molar-refractivity contribution is 5.70. The van der Waals surface area contributed by atoms with E-state index in [0.29, 0.717) is 12.3 Å². The number of cyclic esters (lactones) is 1. The Labute approximate surface area is 67.2 Å². The SMILES string of the molecule is CC=CC1CC(C)CC(=O)O1. The number of hydrogen-bond acceptors (Lipinski definition) is 2. The Morgan fingerprint density at radius 1 is 1.64 bits per heavy atom. The van der Waals surface area contributed by atoms with Gasteiger partial charge in [0.25, 0.3) is 0 Å². The van der Waals surface area contributed by atoms with Crippen LogP contribution in [0, 0.1) is 5.92 Å². The van der Waals surface area contributed by atoms with Crippen molar-refractivity contribution < 1.29 is 9.53 Å². The summed E-state index contributed by atoms with van der Waals surface area (Å²) in [4.78, 5) is 10.9. The molecule has 1 aliphatic heterocycles. The summed E-state index contributed by atoms with van der Waals surface area (Å²) < 4.78 is 5.07. The van der Waals surface area contributed by atoms with Gasteiger partial charge >= 0.3 is 5.97 Å². The minimum atomic E-state index is -0.0631. The first-order valence-electron chi connectivity index (χ1n) is 4.04. The lowest BCUT2D eigenvalue weighted by Gasteiger charge is -2.24. The van der Waals surface area contributed by atoms with E-state index in [2.05, 4.69) is 6.92 Å². The van der Waals surface area contributed by atoms with Gasteiger partial charge in [0.15, 0.2) is 0 Å². The highest BCUT2D eigenvalue weighted by atomic mass is 16.5. The average molecular weight is 154 g/mol. The molecule has 0 aromatic rings. The number of ether oxygens (including phenoxy) is 1. The largest absolute Gasteiger partial charge is 0.458 e. The number of carbonyl (C=O) groups is 1. The van der Waals surface area contributed by atoms with Gasteiger partial charge in [-0.3, -0.25) is 4.79 Å². The van der Waals surface area contributed by atoms with Crippen LogP contribution < -0.4 is 0 Å². The normalized spacial score (nSPS) is 32.4. The van der Waals surface area contributed by atoms with Gasteiger partial charge in [0.2, 0.25) is 0 Å². The molecule has 1 heterocycles. The van der Waals surface area contributed by atoms with Crippen molar-refractivity contribution in [3.63, 3.8) is 0 Å². The molecule has 1 fully saturated rings. The van der Waals surface area contributed by atoms with Gasteiger partial charge in [-0.2, -0.15) is 0 Å². The Bertz CT molecular complexity index is 172. The van der Waals surface area contributed by atoms with E-state index in [1.165, 1.54) is 0 Å². The van der Waals surface area contributed by atoms with E-state index >= 15 is 0 Å². The van der Waals surface area contributed by atoms with Crippen LogP contribution in [0.2, 0.25) is 0 Å². The van der Waals surface area contributed by atoms with Crippen LogP contribution >= 0.6 is 0 Å². The highest BCUT2D eigenvalue weighted by Gasteiger charge is 2.23. The fourth-order valence-corrected chi connectivity index (χ4v) is 1.36. The molecule has 0 aromatic heterocycles. The van der Waals surface area contributed by atoms with Crippen LogP contribution in [0.3, 0.4) is 0 Å². The lowest BCUT2D eigenvalue weighted by molar-refractivity contribution is -0.153. The second-order valence-corrected chi connectivity index (χ2v) is 3.10. The molecule has 1 saturated heterocycles. The van der Waals surface area contributed by atoms with Crippen LogP contribution in [0.1, 0.15) is 26.7 Å². The monoisotopic (exact) mass is 154 g/mol. The molecular formula is C9H14O2. The molecule has 0 saturated carbocycles. The second kappa shape index (κ2) is 3.56. The molecule has 2 unspecified atom stereocenters. The third kappa shape index (κ3) is 2.37. The standard InChI is InChI=1S/C9H14O2/c1-3-4-8-5-7(2)6-9(10)11-8/h3-4,7-8H,5-6H2,1-2H3. The van der Waals surface area contributed by atoms with Crippen molar-refractivity contribution in [3.8, 4) is 0 Å². The molecule has 2 atom stereocenters. The third-order valence-corrected chi connectivity index (χ3v) is 1.84. The zero-order valence-corrected chi connectivity index (χ0v) is 7.04. The predicted octanol–water partition coefficient (Wildman–Crippen LogP) is 1.90. The van der Waals surface area contributed by atoms with Crippen molar-refractivity contribution in [3.05, 3.63) is 12.2 Å². The number of rotatable bonds is 1. The molecule has 0 spiro atoms. The van der Waals surface area contributed by atoms with Crippen molar-refractivity contribution in [2.24, 2.45) is 5.92 Å². The van der Waals surface area contributed by atoms with E-state index in [1.54, 1.807) is 0 Å². The summed E-state index contributed by atoms with van der Waals surface area (Å²) in [5.74, 6) is 0.407. The molecule has 0 aromatic carbocycles. The lowest BCUT2D eigenvalue weighted by Crippen LogP contribution is -2.26. The van der Waals surface area contributed by atoms with E-state index in [4.69, 9.17) is 4.74 Å². The van der Waals surface area contributed by atoms with Gasteiger partial charge in [-0.1, -0.05) is 13.0 Å². The second-order valence-electron chi connectivity index (χ2n) is 3.10. The Morgan fingerprint density at radius 3 is 2.91 bits per heavy atom. The molecule has 0 radical (unpaired) electrons. The molecule has 11 heavy (non-hydrogen) atoms. The first-order chi connectivity index (χ1) is 5.22. The van der Waals surface area contributed by atoms with Crippen LogP contribution in [0.4, 0.5) is 0 Å². The van der Waals surface area contributed by atoms with Crippen LogP contribution in [-0.4, -0.2) is 12.1 Å². The number of hydrogen-bond donors (Lipinski definition) is 0. The zero-order chi connectivity index (χ0) is 8.27. The molecule has 0 aliphatic carbocycles. The van der Waals surface area contributed by atoms with Gasteiger partial charge in [0.05, 0.1) is 0 Å². The number of carbonyl (C=O) groups excluding carboxylic acids is 1. The summed E-state index contributed by atoms with van der Waals surface area (Å²) in [5, 5.41) is 0. The number of esters is 1. The first-order valence-corrected chi connectivity index (χ1v) is 4.04. The molecule has 2 nitrogen and oxygen atoms in total. The molecule has 2 heteroatoms. The maximum Gasteiger partial charge on any atom is 0.306 e. The predicted molar refractivity (Wildman–Crippen MR) is 43.1 cm³/mol. The van der Waals surface area contributed by atoms with Gasteiger partial charge in [0.1, 0.15) is 6.10 Å².